The van der Waals surface area contributed by atoms with E-state index in [4.69, 9.17) is 15.6 Å². The minimum Gasteiger partial charge on any atom is -0.366 e. The molecule has 2 rings (SSSR count). The maximum absolute atomic E-state index is 11.4. The fraction of sp³-hybridized carbons (Fsp3) is 0. The number of carbonyl (C=O) groups is 1. The number of allylic oxidation sites excluding steroid dienone is 10. The highest BCUT2D eigenvalue weighted by molar-refractivity contribution is 5.94. The fourth-order valence-corrected chi connectivity index (χ4v) is 1.91. The van der Waals surface area contributed by atoms with Crippen LogP contribution in [0.2, 0.25) is 0 Å². The molecule has 1 aliphatic rings. The second kappa shape index (κ2) is 12.4. The molecule has 1 heterocycles. The number of fused-ring (bicyclic) bond motifs is 1. The van der Waals surface area contributed by atoms with Gasteiger partial charge < -0.3 is 10.6 Å². The van der Waals surface area contributed by atoms with Gasteiger partial charge in [-0.3, -0.25) is 4.79 Å². The molecule has 7 heteroatoms. The highest BCUT2D eigenvalue weighted by Gasteiger charge is 2.00. The van der Waals surface area contributed by atoms with Gasteiger partial charge in [0, 0.05) is 5.56 Å². The summed E-state index contributed by atoms with van der Waals surface area (Å²) >= 11 is 0. The minimum atomic E-state index is -0.634. The van der Waals surface area contributed by atoms with E-state index in [1.54, 1.807) is 18.2 Å². The summed E-state index contributed by atoms with van der Waals surface area (Å²) in [5.74, 6) is -0.147. The number of hydrogen-bond donors (Lipinski definition) is 2. The number of primary amides is 1. The van der Waals surface area contributed by atoms with Crippen molar-refractivity contribution in [2.24, 2.45) is 16.1 Å². The maximum Gasteiger partial charge on any atom is 0.250 e. The molecule has 0 saturated heterocycles. The molecule has 3 N–H and O–H groups in total. The number of para-hydroxylation sites is 1. The van der Waals surface area contributed by atoms with Crippen molar-refractivity contribution in [2.75, 3.05) is 0 Å². The summed E-state index contributed by atoms with van der Waals surface area (Å²) < 4.78 is 0. The van der Waals surface area contributed by atoms with Crippen LogP contribution in [0.15, 0.2) is 113 Å². The highest BCUT2D eigenvalue weighted by Crippen LogP contribution is 2.19. The van der Waals surface area contributed by atoms with E-state index in [2.05, 4.69) is 15.9 Å². The third-order valence-corrected chi connectivity index (χ3v) is 3.22. The first kappa shape index (κ1) is 20.3. The van der Waals surface area contributed by atoms with Crippen molar-refractivity contribution in [3.63, 3.8) is 0 Å². The van der Waals surface area contributed by atoms with Gasteiger partial charge in [0.05, 0.1) is 11.8 Å². The summed E-state index contributed by atoms with van der Waals surface area (Å²) in [7, 11) is 0. The lowest BCUT2D eigenvalue weighted by Crippen LogP contribution is -2.12. The molecule has 0 aromatic heterocycles. The molecule has 1 aliphatic heterocycles. The van der Waals surface area contributed by atoms with E-state index < -0.39 is 5.91 Å². The molecule has 7 nitrogen and oxygen atoms in total. The predicted octanol–water partition coefficient (Wildman–Crippen LogP) is 4.05. The lowest BCUT2D eigenvalue weighted by atomic mass is 10.2. The topological polar surface area (TPSA) is 98.3 Å². The van der Waals surface area contributed by atoms with Gasteiger partial charge in [-0.15, -0.1) is 10.7 Å². The summed E-state index contributed by atoms with van der Waals surface area (Å²) in [6.07, 6.45) is 23.0. The van der Waals surface area contributed by atoms with Crippen LogP contribution in [0.25, 0.3) is 6.08 Å². The average Bonchev–Trinajstić information content (AvgIpc) is 2.69. The Balaban J connectivity index is 2.18. The average molecular weight is 376 g/mol. The second-order valence-electron chi connectivity index (χ2n) is 5.22. The molecule has 0 radical (unpaired) electrons. The number of nitrogens with one attached hydrogen (secondary N) is 1. The minimum absolute atomic E-state index is 0.173. The van der Waals surface area contributed by atoms with Crippen molar-refractivity contribution in [2.45, 2.75) is 0 Å². The SMILES string of the molecule is NC(=O)C1=C/N=N\NOOc2ccccc2/C=C\C=C/C=C\C=C/C=C/C=C\1. The fourth-order valence-electron chi connectivity index (χ4n) is 1.91. The van der Waals surface area contributed by atoms with E-state index in [-0.39, 0.29) is 5.57 Å². The third-order valence-electron chi connectivity index (χ3n) is 3.22. The zero-order valence-electron chi connectivity index (χ0n) is 15.0. The molecule has 28 heavy (non-hydrogen) atoms. The van der Waals surface area contributed by atoms with E-state index in [1.165, 1.54) is 12.3 Å². The number of rotatable bonds is 1. The van der Waals surface area contributed by atoms with E-state index >= 15 is 0 Å². The van der Waals surface area contributed by atoms with Gasteiger partial charge in [0.1, 0.15) is 0 Å². The lowest BCUT2D eigenvalue weighted by Gasteiger charge is -2.04. The van der Waals surface area contributed by atoms with E-state index in [1.807, 2.05) is 72.9 Å². The second-order valence-corrected chi connectivity index (χ2v) is 5.22. The molecule has 1 aromatic carbocycles. The van der Waals surface area contributed by atoms with Gasteiger partial charge in [-0.2, -0.15) is 0 Å². The Morgan fingerprint density at radius 2 is 1.46 bits per heavy atom. The summed E-state index contributed by atoms with van der Waals surface area (Å²) in [5.41, 5.74) is 8.44. The van der Waals surface area contributed by atoms with Gasteiger partial charge in [-0.25, -0.2) is 0 Å². The Kier molecular flexibility index (Phi) is 9.00. The highest BCUT2D eigenvalue weighted by atomic mass is 17.3. The Labute approximate surface area is 163 Å². The van der Waals surface area contributed by atoms with Gasteiger partial charge in [-0.05, 0) is 22.4 Å². The standard InChI is InChI=1S/C21H20N4O3/c22-21(26)19-15-10-8-6-4-2-1-3-5-7-9-13-18-14-11-12-16-20(18)27-28-25-24-23-17-19/h1-17H,(H2,22,26)(H,23,25)/b3-1-,4-2-,7-5-,8-6+,13-9-,15-10-,19-17+. The van der Waals surface area contributed by atoms with Crippen LogP contribution in [0.1, 0.15) is 5.56 Å². The van der Waals surface area contributed by atoms with Crippen molar-refractivity contribution in [3.05, 3.63) is 108 Å². The number of benzene rings is 1. The molecular weight excluding hydrogens is 356 g/mol. The molecule has 0 aliphatic carbocycles. The van der Waals surface area contributed by atoms with Crippen LogP contribution in [0, 0.1) is 0 Å². The summed E-state index contributed by atoms with van der Waals surface area (Å²) in [5, 5.41) is 7.18. The van der Waals surface area contributed by atoms with Gasteiger partial charge in [-0.1, -0.05) is 85.0 Å². The molecule has 0 atom stereocenters. The van der Waals surface area contributed by atoms with Crippen molar-refractivity contribution in [1.82, 2.24) is 5.59 Å². The third kappa shape index (κ3) is 7.94. The number of nitrogens with zero attached hydrogens (tertiary/aromatic N) is 2. The first-order chi connectivity index (χ1) is 13.8. The summed E-state index contributed by atoms with van der Waals surface area (Å²) in [4.78, 5) is 21.3. The first-order valence-corrected chi connectivity index (χ1v) is 8.36. The van der Waals surface area contributed by atoms with Crippen molar-refractivity contribution in [1.29, 1.82) is 0 Å². The molecule has 0 spiro atoms. The van der Waals surface area contributed by atoms with Gasteiger partial charge in [0.15, 0.2) is 5.75 Å². The maximum atomic E-state index is 11.4. The van der Waals surface area contributed by atoms with Gasteiger partial charge >= 0.3 is 0 Å². The predicted molar refractivity (Wildman–Crippen MR) is 108 cm³/mol. The number of carbonyl (C=O) groups excluding carboxylic acids is 1. The molecule has 0 fully saturated rings. The number of amides is 1. The van der Waals surface area contributed by atoms with Crippen LogP contribution in [0.3, 0.4) is 0 Å². The van der Waals surface area contributed by atoms with E-state index in [0.717, 1.165) is 5.56 Å². The molecule has 142 valence electrons. The summed E-state index contributed by atoms with van der Waals surface area (Å²) in [6, 6.07) is 7.31. The molecule has 1 amide bonds. The van der Waals surface area contributed by atoms with Crippen LogP contribution in [0.5, 0.6) is 5.75 Å². The lowest BCUT2D eigenvalue weighted by molar-refractivity contribution is -0.259. The zero-order chi connectivity index (χ0) is 19.9. The van der Waals surface area contributed by atoms with Gasteiger partial charge in [0.2, 0.25) is 5.91 Å². The van der Waals surface area contributed by atoms with Crippen LogP contribution in [-0.2, 0) is 9.78 Å². The molecular formula is C21H20N4O3. The quantitative estimate of drug-likeness (QED) is 0.723. The molecule has 0 unspecified atom stereocenters. The smallest absolute Gasteiger partial charge is 0.250 e. The zero-order valence-corrected chi connectivity index (χ0v) is 15.0. The van der Waals surface area contributed by atoms with Crippen LogP contribution in [-0.4, -0.2) is 5.91 Å². The van der Waals surface area contributed by atoms with Crippen LogP contribution < -0.4 is 16.2 Å². The molecule has 0 saturated carbocycles. The normalized spacial score (nSPS) is 24.9. The molecule has 1 aromatic rings. The largest absolute Gasteiger partial charge is 0.366 e. The van der Waals surface area contributed by atoms with Crippen LogP contribution >= 0.6 is 0 Å². The van der Waals surface area contributed by atoms with Crippen LogP contribution in [0.4, 0.5) is 0 Å². The monoisotopic (exact) mass is 376 g/mol. The van der Waals surface area contributed by atoms with Crippen molar-refractivity contribution in [3.8, 4) is 5.75 Å². The van der Waals surface area contributed by atoms with Gasteiger partial charge in [0.25, 0.3) is 0 Å². The first-order valence-electron chi connectivity index (χ1n) is 8.36. The Morgan fingerprint density at radius 3 is 2.14 bits per heavy atom. The Hall–Kier alpha value is -3.97. The Bertz CT molecular complexity index is 891. The van der Waals surface area contributed by atoms with Crippen molar-refractivity contribution < 1.29 is 14.7 Å². The van der Waals surface area contributed by atoms with E-state index in [0.29, 0.717) is 5.75 Å². The van der Waals surface area contributed by atoms with Crippen molar-refractivity contribution >= 4 is 12.0 Å². The van der Waals surface area contributed by atoms with E-state index in [9.17, 15) is 4.79 Å². The molecule has 0 bridgehead atoms. The number of nitrogens with two attached hydrogens (primary N) is 1. The number of hydrogen-bond acceptors (Lipinski definition) is 6. The Morgan fingerprint density at radius 1 is 0.857 bits per heavy atom. The summed E-state index contributed by atoms with van der Waals surface area (Å²) in [6.45, 7) is 0.